The number of nitrogens with one attached hydrogen (secondary N) is 2. The van der Waals surface area contributed by atoms with Crippen molar-refractivity contribution >= 4 is 5.91 Å². The average Bonchev–Trinajstić information content (AvgIpc) is 2.23. The Morgan fingerprint density at radius 3 is 2.88 bits per heavy atom. The summed E-state index contributed by atoms with van der Waals surface area (Å²) in [6.45, 7) is 3.58. The third-order valence-corrected chi connectivity index (χ3v) is 2.53. The molecule has 0 atom stereocenters. The van der Waals surface area contributed by atoms with Gasteiger partial charge in [0.25, 0.3) is 5.91 Å². The summed E-state index contributed by atoms with van der Waals surface area (Å²) in [6.07, 6.45) is 0.228. The fourth-order valence-electron chi connectivity index (χ4n) is 1.45. The van der Waals surface area contributed by atoms with Crippen LogP contribution < -0.4 is 15.4 Å². The molecule has 5 heteroatoms. The van der Waals surface area contributed by atoms with Gasteiger partial charge in [0.1, 0.15) is 17.5 Å². The van der Waals surface area contributed by atoms with Crippen LogP contribution in [-0.4, -0.2) is 37.1 Å². The molecule has 1 aromatic heterocycles. The molecule has 0 bridgehead atoms. The van der Waals surface area contributed by atoms with E-state index in [9.17, 15) is 4.79 Å². The molecule has 5 nitrogen and oxygen atoms in total. The van der Waals surface area contributed by atoms with E-state index in [0.29, 0.717) is 5.69 Å². The van der Waals surface area contributed by atoms with Gasteiger partial charge in [0.15, 0.2) is 0 Å². The van der Waals surface area contributed by atoms with Gasteiger partial charge in [-0.25, -0.2) is 4.98 Å². The summed E-state index contributed by atoms with van der Waals surface area (Å²) in [4.78, 5) is 15.5. The number of aromatic nitrogens is 1. The molecule has 90 valence electrons. The molecule has 0 spiro atoms. The zero-order valence-corrected chi connectivity index (χ0v) is 9.41. The van der Waals surface area contributed by atoms with Gasteiger partial charge in [-0.2, -0.15) is 0 Å². The van der Waals surface area contributed by atoms with E-state index in [-0.39, 0.29) is 14.9 Å². The summed E-state index contributed by atoms with van der Waals surface area (Å²) in [7, 11) is 1.59. The van der Waals surface area contributed by atoms with Crippen LogP contribution in [0, 0.1) is 6.92 Å². The lowest BCUT2D eigenvalue weighted by Gasteiger charge is -2.28. The minimum Gasteiger partial charge on any atom is -0.486 e. The van der Waals surface area contributed by atoms with Crippen molar-refractivity contribution in [3.05, 3.63) is 23.5 Å². The molecule has 1 aliphatic rings. The fraction of sp³-hybridized carbons (Fsp3) is 0.455. The Labute approximate surface area is 97.2 Å². The van der Waals surface area contributed by atoms with Crippen LogP contribution in [0.15, 0.2) is 12.1 Å². The Hall–Kier alpha value is -1.62. The molecule has 16 heavy (non-hydrogen) atoms. The molecule has 0 radical (unpaired) electrons. The maximum absolute atomic E-state index is 11.3. The number of amides is 1. The summed E-state index contributed by atoms with van der Waals surface area (Å²) in [5.74, 6) is 0.569. The second kappa shape index (κ2) is 4.49. The van der Waals surface area contributed by atoms with E-state index in [0.717, 1.165) is 24.5 Å². The first-order valence-electron chi connectivity index (χ1n) is 5.28. The molecule has 0 saturated carbocycles. The Morgan fingerprint density at radius 1 is 1.62 bits per heavy atom. The van der Waals surface area contributed by atoms with E-state index < -0.39 is 0 Å². The van der Waals surface area contributed by atoms with Gasteiger partial charge >= 0.3 is 0 Å². The zero-order valence-electron chi connectivity index (χ0n) is 9.41. The minimum absolute atomic E-state index is 0. The molecule has 2 rings (SSSR count). The molecule has 2 N–H and O–H groups in total. The lowest BCUT2D eigenvalue weighted by molar-refractivity contribution is 0.0957. The number of nitrogens with zero attached hydrogens (tertiary/aromatic N) is 1. The molecular weight excluding hydrogens is 206 g/mol. The first-order valence-corrected chi connectivity index (χ1v) is 5.28. The van der Waals surface area contributed by atoms with Crippen LogP contribution in [0.2, 0.25) is 0 Å². The van der Waals surface area contributed by atoms with E-state index >= 15 is 0 Å². The monoisotopic (exact) mass is 225 g/mol. The van der Waals surface area contributed by atoms with Gasteiger partial charge in [0.2, 0.25) is 0 Å². The van der Waals surface area contributed by atoms with Crippen LogP contribution in [0.1, 0.15) is 19.0 Å². The molecule has 0 unspecified atom stereocenters. The third-order valence-electron chi connectivity index (χ3n) is 2.53. The second-order valence-electron chi connectivity index (χ2n) is 3.76. The molecule has 2 heterocycles. The van der Waals surface area contributed by atoms with Gasteiger partial charge in [0, 0.05) is 23.0 Å². The van der Waals surface area contributed by atoms with Crippen molar-refractivity contribution in [1.82, 2.24) is 15.6 Å². The van der Waals surface area contributed by atoms with E-state index in [1.165, 1.54) is 0 Å². The number of carbonyl (C=O) groups excluding carboxylic acids is 1. The lowest BCUT2D eigenvalue weighted by atomic mass is 10.2. The van der Waals surface area contributed by atoms with Gasteiger partial charge < -0.3 is 15.4 Å². The lowest BCUT2D eigenvalue weighted by Crippen LogP contribution is -2.50. The standard InChI is InChI=1S/C11H15N3O2.2H2/c1-7-10(16-8-5-13-6-8)4-3-9(14-7)11(15)12-2;;/h3-4,8,13H,5-6H2,1-2H3,(H,12,15);2*1H. The number of rotatable bonds is 3. The van der Waals surface area contributed by atoms with E-state index in [4.69, 9.17) is 4.74 Å². The Kier molecular flexibility index (Phi) is 3.05. The summed E-state index contributed by atoms with van der Waals surface area (Å²) < 4.78 is 5.69. The smallest absolute Gasteiger partial charge is 0.269 e. The van der Waals surface area contributed by atoms with Gasteiger partial charge in [-0.3, -0.25) is 4.79 Å². The van der Waals surface area contributed by atoms with Gasteiger partial charge in [-0.1, -0.05) is 0 Å². The van der Waals surface area contributed by atoms with E-state index in [1.54, 1.807) is 19.2 Å². The third kappa shape index (κ3) is 2.14. The van der Waals surface area contributed by atoms with Crippen molar-refractivity contribution in [2.24, 2.45) is 0 Å². The molecule has 1 amide bonds. The van der Waals surface area contributed by atoms with Crippen molar-refractivity contribution < 1.29 is 12.4 Å². The topological polar surface area (TPSA) is 63.2 Å². The van der Waals surface area contributed by atoms with Crippen LogP contribution in [0.3, 0.4) is 0 Å². The number of carbonyl (C=O) groups is 1. The van der Waals surface area contributed by atoms with Crippen LogP contribution >= 0.6 is 0 Å². The van der Waals surface area contributed by atoms with Crippen molar-refractivity contribution in [2.75, 3.05) is 20.1 Å². The minimum atomic E-state index is -0.181. The quantitative estimate of drug-likeness (QED) is 0.790. The molecule has 0 aliphatic carbocycles. The average molecular weight is 225 g/mol. The molecule has 1 aromatic rings. The van der Waals surface area contributed by atoms with Gasteiger partial charge in [-0.05, 0) is 19.1 Å². The molecule has 0 aromatic carbocycles. The highest BCUT2D eigenvalue weighted by molar-refractivity contribution is 5.92. The summed E-state index contributed by atoms with van der Waals surface area (Å²) in [6, 6.07) is 3.47. The highest BCUT2D eigenvalue weighted by Gasteiger charge is 2.19. The summed E-state index contributed by atoms with van der Waals surface area (Å²) in [5.41, 5.74) is 1.16. The molecular formula is C11H19N3O2. The predicted molar refractivity (Wildman–Crippen MR) is 63.9 cm³/mol. The maximum atomic E-state index is 11.3. The number of pyridine rings is 1. The van der Waals surface area contributed by atoms with Crippen LogP contribution in [0.5, 0.6) is 5.75 Å². The maximum Gasteiger partial charge on any atom is 0.269 e. The number of aryl methyl sites for hydroxylation is 1. The largest absolute Gasteiger partial charge is 0.486 e. The van der Waals surface area contributed by atoms with Crippen molar-refractivity contribution in [3.63, 3.8) is 0 Å². The zero-order chi connectivity index (χ0) is 11.5. The first-order chi connectivity index (χ1) is 7.70. The number of hydrogen-bond acceptors (Lipinski definition) is 4. The number of ether oxygens (including phenoxy) is 1. The van der Waals surface area contributed by atoms with Crippen molar-refractivity contribution in [3.8, 4) is 5.75 Å². The highest BCUT2D eigenvalue weighted by atomic mass is 16.5. The fourth-order valence-corrected chi connectivity index (χ4v) is 1.45. The Bertz CT molecular complexity index is 411. The van der Waals surface area contributed by atoms with Crippen molar-refractivity contribution in [1.29, 1.82) is 0 Å². The Morgan fingerprint density at radius 2 is 2.38 bits per heavy atom. The van der Waals surface area contributed by atoms with Gasteiger partial charge in [-0.15, -0.1) is 0 Å². The predicted octanol–water partition coefficient (Wildman–Crippen LogP) is 0.592. The Balaban J connectivity index is 0.00000144. The van der Waals surface area contributed by atoms with E-state index in [2.05, 4.69) is 15.6 Å². The van der Waals surface area contributed by atoms with Gasteiger partial charge in [0.05, 0.1) is 5.69 Å². The molecule has 1 aliphatic heterocycles. The summed E-state index contributed by atoms with van der Waals surface area (Å²) in [5, 5.41) is 5.67. The summed E-state index contributed by atoms with van der Waals surface area (Å²) >= 11 is 0. The first kappa shape index (κ1) is 10.9. The SMILES string of the molecule is CNC(=O)c1ccc(OC2CNC2)c(C)n1.[HH].[HH]. The normalized spacial score (nSPS) is 15.4. The molecule has 1 fully saturated rings. The van der Waals surface area contributed by atoms with Crippen LogP contribution in [0.25, 0.3) is 0 Å². The second-order valence-corrected chi connectivity index (χ2v) is 3.76. The molecule has 1 saturated heterocycles. The van der Waals surface area contributed by atoms with Crippen LogP contribution in [0.4, 0.5) is 0 Å². The highest BCUT2D eigenvalue weighted by Crippen LogP contribution is 2.18. The van der Waals surface area contributed by atoms with E-state index in [1.807, 2.05) is 6.92 Å². The van der Waals surface area contributed by atoms with Crippen LogP contribution in [-0.2, 0) is 0 Å². The number of hydrogen-bond donors (Lipinski definition) is 2. The van der Waals surface area contributed by atoms with Crippen molar-refractivity contribution in [2.45, 2.75) is 13.0 Å².